The minimum atomic E-state index is 0.642. The first-order chi connectivity index (χ1) is 7.77. The Morgan fingerprint density at radius 2 is 2.12 bits per heavy atom. The van der Waals surface area contributed by atoms with Gasteiger partial charge in [0.1, 0.15) is 0 Å². The van der Waals surface area contributed by atoms with Crippen LogP contribution in [0.2, 0.25) is 0 Å². The van der Waals surface area contributed by atoms with Crippen molar-refractivity contribution in [1.82, 2.24) is 15.1 Å². The number of hydrogen-bond acceptors (Lipinski definition) is 3. The Balaban J connectivity index is 2.21. The molecule has 3 N–H and O–H groups in total. The molecule has 4 heteroatoms. The van der Waals surface area contributed by atoms with Crippen molar-refractivity contribution in [2.45, 2.75) is 20.0 Å². The zero-order chi connectivity index (χ0) is 11.1. The number of benzene rings is 1. The Kier molecular flexibility index (Phi) is 1.97. The highest BCUT2D eigenvalue weighted by molar-refractivity contribution is 5.50. The molecule has 0 bridgehead atoms. The predicted molar refractivity (Wildman–Crippen MR) is 63.3 cm³/mol. The molecule has 0 unspecified atom stereocenters. The second-order valence-electron chi connectivity index (χ2n) is 4.11. The Bertz CT molecular complexity index is 542. The predicted octanol–water partition coefficient (Wildman–Crippen LogP) is 1.37. The lowest BCUT2D eigenvalue weighted by Gasteiger charge is -2.08. The zero-order valence-electron chi connectivity index (χ0n) is 9.20. The molecule has 3 rings (SSSR count). The molecule has 0 aliphatic carbocycles. The van der Waals surface area contributed by atoms with E-state index in [4.69, 9.17) is 5.73 Å². The SMILES string of the molecule is Cc1ccccc1-n1nc(N)c2c1CNC2. The molecule has 0 spiro atoms. The third-order valence-corrected chi connectivity index (χ3v) is 3.06. The number of aryl methyl sites for hydroxylation is 1. The third kappa shape index (κ3) is 1.23. The van der Waals surface area contributed by atoms with Gasteiger partial charge in [-0.3, -0.25) is 0 Å². The Labute approximate surface area is 94.1 Å². The van der Waals surface area contributed by atoms with Crippen molar-refractivity contribution in [3.05, 3.63) is 41.1 Å². The summed E-state index contributed by atoms with van der Waals surface area (Å²) < 4.78 is 1.96. The smallest absolute Gasteiger partial charge is 0.150 e. The Hall–Kier alpha value is -1.81. The molecule has 0 radical (unpaired) electrons. The van der Waals surface area contributed by atoms with Crippen LogP contribution in [0.4, 0.5) is 5.82 Å². The number of hydrogen-bond donors (Lipinski definition) is 2. The summed E-state index contributed by atoms with van der Waals surface area (Å²) in [6.07, 6.45) is 0. The van der Waals surface area contributed by atoms with E-state index in [1.165, 1.54) is 11.3 Å². The molecule has 0 atom stereocenters. The van der Waals surface area contributed by atoms with E-state index in [1.54, 1.807) is 0 Å². The van der Waals surface area contributed by atoms with Crippen LogP contribution in [0.1, 0.15) is 16.8 Å². The number of para-hydroxylation sites is 1. The first-order valence-corrected chi connectivity index (χ1v) is 5.40. The lowest BCUT2D eigenvalue weighted by molar-refractivity contribution is 0.712. The van der Waals surface area contributed by atoms with Crippen LogP contribution in [0.15, 0.2) is 24.3 Å². The summed E-state index contributed by atoms with van der Waals surface area (Å²) in [5, 5.41) is 7.72. The fourth-order valence-corrected chi connectivity index (χ4v) is 2.18. The van der Waals surface area contributed by atoms with E-state index >= 15 is 0 Å². The highest BCUT2D eigenvalue weighted by atomic mass is 15.3. The fraction of sp³-hybridized carbons (Fsp3) is 0.250. The molecule has 0 amide bonds. The molecule has 0 fully saturated rings. The number of fused-ring (bicyclic) bond motifs is 1. The maximum absolute atomic E-state index is 5.91. The van der Waals surface area contributed by atoms with Crippen LogP contribution >= 0.6 is 0 Å². The van der Waals surface area contributed by atoms with Gasteiger partial charge in [-0.05, 0) is 18.6 Å². The van der Waals surface area contributed by atoms with Crippen LogP contribution in [-0.2, 0) is 13.1 Å². The number of anilines is 1. The maximum atomic E-state index is 5.91. The standard InChI is InChI=1S/C12H14N4/c1-8-4-2-3-5-10(8)16-11-7-14-6-9(11)12(13)15-16/h2-5,14H,6-7H2,1H3,(H2,13,15). The molecule has 1 aliphatic rings. The van der Waals surface area contributed by atoms with E-state index in [9.17, 15) is 0 Å². The Morgan fingerprint density at radius 1 is 1.31 bits per heavy atom. The number of rotatable bonds is 1. The maximum Gasteiger partial charge on any atom is 0.150 e. The average molecular weight is 214 g/mol. The van der Waals surface area contributed by atoms with Crippen molar-refractivity contribution in [3.63, 3.8) is 0 Å². The molecule has 1 aromatic heterocycles. The molecule has 1 aliphatic heterocycles. The van der Waals surface area contributed by atoms with Crippen LogP contribution in [0, 0.1) is 6.92 Å². The molecule has 2 heterocycles. The minimum Gasteiger partial charge on any atom is -0.382 e. The van der Waals surface area contributed by atoms with Crippen molar-refractivity contribution < 1.29 is 0 Å². The molecule has 0 saturated carbocycles. The van der Waals surface area contributed by atoms with Crippen molar-refractivity contribution in [2.24, 2.45) is 0 Å². The lowest BCUT2D eigenvalue weighted by atomic mass is 10.2. The van der Waals surface area contributed by atoms with E-state index in [-0.39, 0.29) is 0 Å². The van der Waals surface area contributed by atoms with Crippen molar-refractivity contribution in [2.75, 3.05) is 5.73 Å². The number of nitrogens with zero attached hydrogens (tertiary/aromatic N) is 2. The molecule has 2 aromatic rings. The highest BCUT2D eigenvalue weighted by Gasteiger charge is 2.21. The zero-order valence-corrected chi connectivity index (χ0v) is 9.20. The van der Waals surface area contributed by atoms with Crippen LogP contribution in [0.5, 0.6) is 0 Å². The quantitative estimate of drug-likeness (QED) is 0.753. The van der Waals surface area contributed by atoms with Gasteiger partial charge in [-0.2, -0.15) is 5.10 Å². The minimum absolute atomic E-state index is 0.642. The van der Waals surface area contributed by atoms with Crippen LogP contribution in [0.25, 0.3) is 5.69 Å². The average Bonchev–Trinajstić information content (AvgIpc) is 2.84. The second kappa shape index (κ2) is 3.35. The van der Waals surface area contributed by atoms with Crippen molar-refractivity contribution in [3.8, 4) is 5.69 Å². The Morgan fingerprint density at radius 3 is 2.94 bits per heavy atom. The van der Waals surface area contributed by atoms with Crippen LogP contribution in [0.3, 0.4) is 0 Å². The molecule has 16 heavy (non-hydrogen) atoms. The van der Waals surface area contributed by atoms with Gasteiger partial charge in [-0.25, -0.2) is 4.68 Å². The van der Waals surface area contributed by atoms with Gasteiger partial charge in [0.05, 0.1) is 11.4 Å². The first-order valence-electron chi connectivity index (χ1n) is 5.40. The van der Waals surface area contributed by atoms with E-state index in [1.807, 2.05) is 16.8 Å². The van der Waals surface area contributed by atoms with Gasteiger partial charge < -0.3 is 11.1 Å². The lowest BCUT2D eigenvalue weighted by Crippen LogP contribution is -2.09. The van der Waals surface area contributed by atoms with Gasteiger partial charge in [0, 0.05) is 18.7 Å². The summed E-state index contributed by atoms with van der Waals surface area (Å²) in [6.45, 7) is 3.75. The van der Waals surface area contributed by atoms with Crippen molar-refractivity contribution in [1.29, 1.82) is 0 Å². The summed E-state index contributed by atoms with van der Waals surface area (Å²) in [4.78, 5) is 0. The summed E-state index contributed by atoms with van der Waals surface area (Å²) >= 11 is 0. The topological polar surface area (TPSA) is 55.9 Å². The molecule has 4 nitrogen and oxygen atoms in total. The molecule has 0 saturated heterocycles. The van der Waals surface area contributed by atoms with Gasteiger partial charge in [0.25, 0.3) is 0 Å². The largest absolute Gasteiger partial charge is 0.382 e. The van der Waals surface area contributed by atoms with Gasteiger partial charge in [0.2, 0.25) is 0 Å². The van der Waals surface area contributed by atoms with E-state index in [0.29, 0.717) is 5.82 Å². The summed E-state index contributed by atoms with van der Waals surface area (Å²) in [7, 11) is 0. The third-order valence-electron chi connectivity index (χ3n) is 3.06. The van der Waals surface area contributed by atoms with Crippen LogP contribution < -0.4 is 11.1 Å². The van der Waals surface area contributed by atoms with Gasteiger partial charge in [-0.15, -0.1) is 0 Å². The number of aromatic nitrogens is 2. The van der Waals surface area contributed by atoms with Gasteiger partial charge in [0.15, 0.2) is 5.82 Å². The van der Waals surface area contributed by atoms with Crippen molar-refractivity contribution >= 4 is 5.82 Å². The van der Waals surface area contributed by atoms with E-state index < -0.39 is 0 Å². The summed E-state index contributed by atoms with van der Waals surface area (Å²) in [5.41, 5.74) is 10.6. The fourth-order valence-electron chi connectivity index (χ4n) is 2.18. The number of nitrogen functional groups attached to an aromatic ring is 1. The summed E-state index contributed by atoms with van der Waals surface area (Å²) in [6, 6.07) is 8.21. The van der Waals surface area contributed by atoms with Gasteiger partial charge >= 0.3 is 0 Å². The molecular formula is C12H14N4. The monoisotopic (exact) mass is 214 g/mol. The first kappa shape index (κ1) is 9.42. The normalized spacial score (nSPS) is 14.1. The molecular weight excluding hydrogens is 200 g/mol. The number of nitrogens with one attached hydrogen (secondary N) is 1. The van der Waals surface area contributed by atoms with Gasteiger partial charge in [-0.1, -0.05) is 18.2 Å². The number of nitrogens with two attached hydrogens (primary N) is 1. The highest BCUT2D eigenvalue weighted by Crippen LogP contribution is 2.25. The second-order valence-corrected chi connectivity index (χ2v) is 4.11. The summed E-state index contributed by atoms with van der Waals surface area (Å²) in [5.74, 6) is 0.642. The van der Waals surface area contributed by atoms with E-state index in [2.05, 4.69) is 29.5 Å². The van der Waals surface area contributed by atoms with Crippen LogP contribution in [-0.4, -0.2) is 9.78 Å². The van der Waals surface area contributed by atoms with E-state index in [0.717, 1.165) is 24.3 Å². The molecule has 82 valence electrons. The molecule has 1 aromatic carbocycles.